The van der Waals surface area contributed by atoms with E-state index in [-0.39, 0.29) is 24.8 Å². The van der Waals surface area contributed by atoms with E-state index in [1.54, 1.807) is 13.0 Å². The maximum atomic E-state index is 15.0. The van der Waals surface area contributed by atoms with Crippen LogP contribution in [0, 0.1) is 6.92 Å². The molecule has 0 radical (unpaired) electrons. The third kappa shape index (κ3) is 2.19. The van der Waals surface area contributed by atoms with Gasteiger partial charge in [-0.3, -0.25) is 4.79 Å². The number of furan rings is 1. The van der Waals surface area contributed by atoms with E-state index < -0.39 is 5.67 Å². The van der Waals surface area contributed by atoms with Crippen LogP contribution >= 0.6 is 0 Å². The van der Waals surface area contributed by atoms with Crippen molar-refractivity contribution >= 4 is 5.91 Å². The molecule has 1 aliphatic heterocycles. The molecule has 0 saturated carbocycles. The number of carbonyl (C=O) groups is 1. The Morgan fingerprint density at radius 2 is 2.40 bits per heavy atom. The molecule has 1 atom stereocenters. The van der Waals surface area contributed by atoms with Crippen LogP contribution in [0.25, 0.3) is 0 Å². The molecule has 0 spiro atoms. The van der Waals surface area contributed by atoms with Crippen LogP contribution in [0.5, 0.6) is 0 Å². The molecule has 1 fully saturated rings. The topological polar surface area (TPSA) is 72.4 Å². The number of carbonyl (C=O) groups excluding carboxylic acids is 1. The fourth-order valence-corrected chi connectivity index (χ4v) is 2.41. The standard InChI is InChI=1S/C13H14FN3O3/c1-9-15-12(20-16-9)13(14)4-2-5-17(8-13)11(18)10-3-6-19-7-10/h3,6-7H,2,4-5,8H2,1H3. The minimum atomic E-state index is -1.78. The summed E-state index contributed by atoms with van der Waals surface area (Å²) in [5.74, 6) is 0.0757. The summed E-state index contributed by atoms with van der Waals surface area (Å²) < 4.78 is 24.8. The van der Waals surface area contributed by atoms with Gasteiger partial charge in [0.2, 0.25) is 5.67 Å². The van der Waals surface area contributed by atoms with Crippen molar-refractivity contribution < 1.29 is 18.1 Å². The Labute approximate surface area is 114 Å². The van der Waals surface area contributed by atoms with Crippen LogP contribution < -0.4 is 0 Å². The van der Waals surface area contributed by atoms with E-state index in [4.69, 9.17) is 8.94 Å². The van der Waals surface area contributed by atoms with E-state index in [9.17, 15) is 9.18 Å². The second kappa shape index (κ2) is 4.73. The summed E-state index contributed by atoms with van der Waals surface area (Å²) in [4.78, 5) is 17.6. The van der Waals surface area contributed by atoms with Crippen molar-refractivity contribution in [1.29, 1.82) is 0 Å². The zero-order valence-electron chi connectivity index (χ0n) is 11.0. The molecule has 1 aliphatic rings. The Balaban J connectivity index is 1.81. The van der Waals surface area contributed by atoms with Gasteiger partial charge in [-0.15, -0.1) is 0 Å². The van der Waals surface area contributed by atoms with Gasteiger partial charge in [0.05, 0.1) is 18.4 Å². The smallest absolute Gasteiger partial charge is 0.266 e. The highest BCUT2D eigenvalue weighted by Crippen LogP contribution is 2.35. The highest BCUT2D eigenvalue weighted by Gasteiger charge is 2.43. The lowest BCUT2D eigenvalue weighted by molar-refractivity contribution is 0.0152. The first kappa shape index (κ1) is 12.8. The van der Waals surface area contributed by atoms with Crippen molar-refractivity contribution in [2.75, 3.05) is 13.1 Å². The van der Waals surface area contributed by atoms with Gasteiger partial charge in [0, 0.05) is 6.54 Å². The third-order valence-electron chi connectivity index (χ3n) is 3.41. The SMILES string of the molecule is Cc1noc(C2(F)CCCN(C(=O)c3ccoc3)C2)n1. The lowest BCUT2D eigenvalue weighted by Gasteiger charge is -2.34. The number of aryl methyl sites for hydroxylation is 1. The van der Waals surface area contributed by atoms with Crippen LogP contribution in [-0.2, 0) is 5.67 Å². The van der Waals surface area contributed by atoms with Crippen molar-refractivity contribution in [1.82, 2.24) is 15.0 Å². The predicted octanol–water partition coefficient (Wildman–Crippen LogP) is 2.07. The maximum Gasteiger partial charge on any atom is 0.266 e. The third-order valence-corrected chi connectivity index (χ3v) is 3.41. The van der Waals surface area contributed by atoms with Gasteiger partial charge < -0.3 is 13.8 Å². The molecule has 0 bridgehead atoms. The fourth-order valence-electron chi connectivity index (χ4n) is 2.41. The van der Waals surface area contributed by atoms with Gasteiger partial charge in [0.15, 0.2) is 5.82 Å². The molecule has 1 saturated heterocycles. The number of hydrogen-bond acceptors (Lipinski definition) is 5. The molecule has 2 aromatic rings. The lowest BCUT2D eigenvalue weighted by Crippen LogP contribution is -2.46. The molecular weight excluding hydrogens is 265 g/mol. The molecule has 0 aliphatic carbocycles. The molecule has 6 nitrogen and oxygen atoms in total. The van der Waals surface area contributed by atoms with Gasteiger partial charge in [-0.1, -0.05) is 5.16 Å². The quantitative estimate of drug-likeness (QED) is 0.841. The number of piperidine rings is 1. The summed E-state index contributed by atoms with van der Waals surface area (Å²) in [7, 11) is 0. The van der Waals surface area contributed by atoms with E-state index in [1.165, 1.54) is 17.4 Å². The van der Waals surface area contributed by atoms with Crippen molar-refractivity contribution in [2.24, 2.45) is 0 Å². The largest absolute Gasteiger partial charge is 0.472 e. The summed E-state index contributed by atoms with van der Waals surface area (Å²) in [5.41, 5.74) is -1.37. The van der Waals surface area contributed by atoms with Gasteiger partial charge in [-0.2, -0.15) is 4.98 Å². The zero-order chi connectivity index (χ0) is 14.2. The summed E-state index contributed by atoms with van der Waals surface area (Å²) in [5, 5.41) is 3.61. The minimum Gasteiger partial charge on any atom is -0.472 e. The van der Waals surface area contributed by atoms with E-state index in [1.807, 2.05) is 0 Å². The van der Waals surface area contributed by atoms with Crippen molar-refractivity contribution in [3.63, 3.8) is 0 Å². The Bertz CT molecular complexity index is 610. The average molecular weight is 279 g/mol. The highest BCUT2D eigenvalue weighted by atomic mass is 19.1. The number of hydrogen-bond donors (Lipinski definition) is 0. The van der Waals surface area contributed by atoms with E-state index in [2.05, 4.69) is 10.1 Å². The molecule has 106 valence electrons. The summed E-state index contributed by atoms with van der Waals surface area (Å²) in [6, 6.07) is 1.56. The summed E-state index contributed by atoms with van der Waals surface area (Å²) in [6.07, 6.45) is 3.58. The van der Waals surface area contributed by atoms with E-state index in [0.29, 0.717) is 24.4 Å². The molecule has 1 unspecified atom stereocenters. The van der Waals surface area contributed by atoms with Crippen molar-refractivity contribution in [3.05, 3.63) is 35.9 Å². The second-order valence-corrected chi connectivity index (χ2v) is 4.95. The Hall–Kier alpha value is -2.18. The zero-order valence-corrected chi connectivity index (χ0v) is 11.0. The molecule has 0 aromatic carbocycles. The van der Waals surface area contributed by atoms with Crippen LogP contribution in [0.3, 0.4) is 0 Å². The average Bonchev–Trinajstić information content (AvgIpc) is 3.09. The van der Waals surface area contributed by atoms with Crippen molar-refractivity contribution in [2.45, 2.75) is 25.4 Å². The van der Waals surface area contributed by atoms with Gasteiger partial charge >= 0.3 is 0 Å². The lowest BCUT2D eigenvalue weighted by atomic mass is 9.94. The molecule has 20 heavy (non-hydrogen) atoms. The van der Waals surface area contributed by atoms with Crippen molar-refractivity contribution in [3.8, 4) is 0 Å². The summed E-state index contributed by atoms with van der Waals surface area (Å²) >= 11 is 0. The van der Waals surface area contributed by atoms with Crippen LogP contribution in [0.2, 0.25) is 0 Å². The Morgan fingerprint density at radius 3 is 3.05 bits per heavy atom. The first-order valence-electron chi connectivity index (χ1n) is 6.40. The molecule has 3 heterocycles. The molecule has 3 rings (SSSR count). The van der Waals surface area contributed by atoms with Crippen LogP contribution in [-0.4, -0.2) is 34.0 Å². The Morgan fingerprint density at radius 1 is 1.55 bits per heavy atom. The molecular formula is C13H14FN3O3. The number of aromatic nitrogens is 2. The number of rotatable bonds is 2. The fraction of sp³-hybridized carbons (Fsp3) is 0.462. The monoisotopic (exact) mass is 279 g/mol. The summed E-state index contributed by atoms with van der Waals surface area (Å²) in [6.45, 7) is 2.05. The number of amides is 1. The second-order valence-electron chi connectivity index (χ2n) is 4.95. The minimum absolute atomic E-state index is 0.0558. The predicted molar refractivity (Wildman–Crippen MR) is 65.7 cm³/mol. The van der Waals surface area contributed by atoms with E-state index >= 15 is 0 Å². The van der Waals surface area contributed by atoms with Gasteiger partial charge in [-0.25, -0.2) is 4.39 Å². The number of alkyl halides is 1. The highest BCUT2D eigenvalue weighted by molar-refractivity contribution is 5.93. The maximum absolute atomic E-state index is 15.0. The first-order valence-corrected chi connectivity index (χ1v) is 6.40. The van der Waals surface area contributed by atoms with Crippen LogP contribution in [0.15, 0.2) is 27.5 Å². The normalized spacial score (nSPS) is 23.0. The Kier molecular flexibility index (Phi) is 3.04. The van der Waals surface area contributed by atoms with Gasteiger partial charge in [-0.05, 0) is 25.8 Å². The molecule has 1 amide bonds. The first-order chi connectivity index (χ1) is 9.58. The molecule has 0 N–H and O–H groups in total. The number of halogens is 1. The van der Waals surface area contributed by atoms with Crippen LogP contribution in [0.4, 0.5) is 4.39 Å². The molecule has 2 aromatic heterocycles. The van der Waals surface area contributed by atoms with Crippen LogP contribution in [0.1, 0.15) is 34.9 Å². The van der Waals surface area contributed by atoms with Gasteiger partial charge in [0.1, 0.15) is 6.26 Å². The molecule has 7 heteroatoms. The number of nitrogens with zero attached hydrogens (tertiary/aromatic N) is 3. The van der Waals surface area contributed by atoms with E-state index in [0.717, 1.165) is 0 Å². The van der Waals surface area contributed by atoms with Gasteiger partial charge in [0.25, 0.3) is 11.8 Å². The number of likely N-dealkylation sites (tertiary alicyclic amines) is 1.